The Morgan fingerprint density at radius 1 is 1.73 bits per heavy atom. The highest BCUT2D eigenvalue weighted by Gasteiger charge is 2.19. The highest BCUT2D eigenvalue weighted by atomic mass is 16.3. The number of nitrogens with one attached hydrogen (secondary N) is 2. The number of aryl methyl sites for hydroxylation is 1. The molecule has 2 heterocycles. The van der Waals surface area contributed by atoms with Crippen molar-refractivity contribution >= 4 is 5.91 Å². The third kappa shape index (κ3) is 2.36. The van der Waals surface area contributed by atoms with Crippen LogP contribution in [0.3, 0.4) is 0 Å². The number of rotatable bonds is 2. The first-order valence-electron chi connectivity index (χ1n) is 5.19. The Labute approximate surface area is 88.3 Å². The fourth-order valence-electron chi connectivity index (χ4n) is 1.75. The molecule has 2 N–H and O–H groups in total. The first kappa shape index (κ1) is 10.2. The fourth-order valence-corrected chi connectivity index (χ4v) is 1.75. The van der Waals surface area contributed by atoms with E-state index in [4.69, 9.17) is 4.42 Å². The average Bonchev–Trinajstić information content (AvgIpc) is 2.66. The molecular weight excluding hydrogens is 194 g/mol. The SMILES string of the molecule is Cc1ncoc1C(=O)N[C@@H]1CCCNC1. The highest BCUT2D eigenvalue weighted by molar-refractivity contribution is 5.92. The van der Waals surface area contributed by atoms with Gasteiger partial charge in [-0.2, -0.15) is 0 Å². The van der Waals surface area contributed by atoms with Crippen LogP contribution in [0.1, 0.15) is 29.1 Å². The van der Waals surface area contributed by atoms with Gasteiger partial charge in [-0.25, -0.2) is 4.98 Å². The van der Waals surface area contributed by atoms with Crippen LogP contribution in [0.25, 0.3) is 0 Å². The lowest BCUT2D eigenvalue weighted by Crippen LogP contribution is -2.45. The first-order valence-corrected chi connectivity index (χ1v) is 5.19. The van der Waals surface area contributed by atoms with E-state index < -0.39 is 0 Å². The van der Waals surface area contributed by atoms with Gasteiger partial charge in [0.25, 0.3) is 5.91 Å². The van der Waals surface area contributed by atoms with Gasteiger partial charge in [0, 0.05) is 12.6 Å². The Morgan fingerprint density at radius 2 is 2.60 bits per heavy atom. The fraction of sp³-hybridized carbons (Fsp3) is 0.600. The summed E-state index contributed by atoms with van der Waals surface area (Å²) in [5.41, 5.74) is 0.635. The maximum absolute atomic E-state index is 11.7. The first-order chi connectivity index (χ1) is 7.27. The van der Waals surface area contributed by atoms with Crippen molar-refractivity contribution in [1.82, 2.24) is 15.6 Å². The second-order valence-corrected chi connectivity index (χ2v) is 3.78. The Morgan fingerprint density at radius 3 is 3.20 bits per heavy atom. The second kappa shape index (κ2) is 4.44. The summed E-state index contributed by atoms with van der Waals surface area (Å²) >= 11 is 0. The maximum atomic E-state index is 11.7. The molecule has 1 aliphatic rings. The molecule has 1 fully saturated rings. The number of amides is 1. The number of carbonyl (C=O) groups excluding carboxylic acids is 1. The third-order valence-electron chi connectivity index (χ3n) is 2.58. The van der Waals surface area contributed by atoms with Gasteiger partial charge in [-0.05, 0) is 26.3 Å². The average molecular weight is 209 g/mol. The van der Waals surface area contributed by atoms with Crippen LogP contribution in [-0.4, -0.2) is 30.0 Å². The Hall–Kier alpha value is -1.36. The van der Waals surface area contributed by atoms with Crippen molar-refractivity contribution < 1.29 is 9.21 Å². The molecule has 1 amide bonds. The van der Waals surface area contributed by atoms with E-state index in [1.54, 1.807) is 6.92 Å². The molecule has 1 aromatic rings. The Bertz CT molecular complexity index is 342. The van der Waals surface area contributed by atoms with Crippen LogP contribution in [0.4, 0.5) is 0 Å². The lowest BCUT2D eigenvalue weighted by molar-refractivity contribution is 0.0901. The van der Waals surface area contributed by atoms with Gasteiger partial charge in [-0.1, -0.05) is 0 Å². The van der Waals surface area contributed by atoms with Crippen molar-refractivity contribution in [2.45, 2.75) is 25.8 Å². The van der Waals surface area contributed by atoms with Crippen molar-refractivity contribution in [3.05, 3.63) is 17.8 Å². The summed E-state index contributed by atoms with van der Waals surface area (Å²) in [6.45, 7) is 3.63. The molecule has 15 heavy (non-hydrogen) atoms. The van der Waals surface area contributed by atoms with Crippen molar-refractivity contribution in [2.24, 2.45) is 0 Å². The number of hydrogen-bond acceptors (Lipinski definition) is 4. The molecule has 0 aromatic carbocycles. The highest BCUT2D eigenvalue weighted by Crippen LogP contribution is 2.07. The van der Waals surface area contributed by atoms with Crippen LogP contribution >= 0.6 is 0 Å². The summed E-state index contributed by atoms with van der Waals surface area (Å²) in [5, 5.41) is 6.17. The number of aromatic nitrogens is 1. The van der Waals surface area contributed by atoms with Gasteiger partial charge in [0.05, 0.1) is 5.69 Å². The molecule has 0 aliphatic carbocycles. The molecule has 1 atom stereocenters. The van der Waals surface area contributed by atoms with Crippen molar-refractivity contribution in [3.8, 4) is 0 Å². The van der Waals surface area contributed by atoms with Crippen LogP contribution in [-0.2, 0) is 0 Å². The molecule has 0 unspecified atom stereocenters. The van der Waals surface area contributed by atoms with E-state index in [1.165, 1.54) is 6.39 Å². The molecule has 1 saturated heterocycles. The van der Waals surface area contributed by atoms with E-state index in [0.29, 0.717) is 11.5 Å². The van der Waals surface area contributed by atoms with Crippen LogP contribution in [0, 0.1) is 6.92 Å². The molecule has 5 nitrogen and oxygen atoms in total. The summed E-state index contributed by atoms with van der Waals surface area (Å²) in [6.07, 6.45) is 3.41. The molecule has 2 rings (SSSR count). The van der Waals surface area contributed by atoms with Crippen molar-refractivity contribution in [2.75, 3.05) is 13.1 Å². The zero-order valence-electron chi connectivity index (χ0n) is 8.75. The van der Waals surface area contributed by atoms with Crippen molar-refractivity contribution in [3.63, 3.8) is 0 Å². The van der Waals surface area contributed by atoms with Crippen LogP contribution < -0.4 is 10.6 Å². The van der Waals surface area contributed by atoms with Gasteiger partial charge in [-0.3, -0.25) is 4.79 Å². The molecular formula is C10H15N3O2. The minimum Gasteiger partial charge on any atom is -0.438 e. The van der Waals surface area contributed by atoms with E-state index in [2.05, 4.69) is 15.6 Å². The lowest BCUT2D eigenvalue weighted by Gasteiger charge is -2.23. The molecule has 1 aliphatic heterocycles. The minimum absolute atomic E-state index is 0.168. The summed E-state index contributed by atoms with van der Waals surface area (Å²) in [6, 6.07) is 0.204. The van der Waals surface area contributed by atoms with E-state index in [0.717, 1.165) is 25.9 Å². The second-order valence-electron chi connectivity index (χ2n) is 3.78. The van der Waals surface area contributed by atoms with Gasteiger partial charge >= 0.3 is 0 Å². The predicted octanol–water partition coefficient (Wildman–Crippen LogP) is 0.465. The molecule has 0 spiro atoms. The van der Waals surface area contributed by atoms with Crippen LogP contribution in [0.15, 0.2) is 10.8 Å². The zero-order valence-corrected chi connectivity index (χ0v) is 8.75. The maximum Gasteiger partial charge on any atom is 0.289 e. The van der Waals surface area contributed by atoms with Crippen LogP contribution in [0.2, 0.25) is 0 Å². The zero-order chi connectivity index (χ0) is 10.7. The molecule has 82 valence electrons. The third-order valence-corrected chi connectivity index (χ3v) is 2.58. The monoisotopic (exact) mass is 209 g/mol. The number of carbonyl (C=O) groups is 1. The molecule has 0 bridgehead atoms. The van der Waals surface area contributed by atoms with Gasteiger partial charge in [-0.15, -0.1) is 0 Å². The molecule has 5 heteroatoms. The van der Waals surface area contributed by atoms with Gasteiger partial charge in [0.2, 0.25) is 5.76 Å². The quantitative estimate of drug-likeness (QED) is 0.742. The summed E-state index contributed by atoms with van der Waals surface area (Å²) in [7, 11) is 0. The predicted molar refractivity (Wildman–Crippen MR) is 54.6 cm³/mol. The Kier molecular flexibility index (Phi) is 3.01. The largest absolute Gasteiger partial charge is 0.438 e. The van der Waals surface area contributed by atoms with Gasteiger partial charge in [0.15, 0.2) is 6.39 Å². The number of nitrogens with zero attached hydrogens (tertiary/aromatic N) is 1. The summed E-state index contributed by atoms with van der Waals surface area (Å²) < 4.78 is 5.02. The lowest BCUT2D eigenvalue weighted by atomic mass is 10.1. The molecule has 1 aromatic heterocycles. The van der Waals surface area contributed by atoms with E-state index in [-0.39, 0.29) is 11.9 Å². The van der Waals surface area contributed by atoms with E-state index >= 15 is 0 Å². The number of hydrogen-bond donors (Lipinski definition) is 2. The van der Waals surface area contributed by atoms with Gasteiger partial charge in [0.1, 0.15) is 0 Å². The minimum atomic E-state index is -0.168. The molecule has 0 radical (unpaired) electrons. The van der Waals surface area contributed by atoms with Gasteiger partial charge < -0.3 is 15.1 Å². The normalized spacial score (nSPS) is 21.3. The Balaban J connectivity index is 1.94. The summed E-state index contributed by atoms with van der Waals surface area (Å²) in [5.74, 6) is 0.152. The topological polar surface area (TPSA) is 67.2 Å². The number of piperidine rings is 1. The smallest absolute Gasteiger partial charge is 0.289 e. The van der Waals surface area contributed by atoms with Crippen molar-refractivity contribution in [1.29, 1.82) is 0 Å². The van der Waals surface area contributed by atoms with E-state index in [9.17, 15) is 4.79 Å². The molecule has 0 saturated carbocycles. The van der Waals surface area contributed by atoms with E-state index in [1.807, 2.05) is 0 Å². The summed E-state index contributed by atoms with van der Waals surface area (Å²) in [4.78, 5) is 15.6. The number of oxazole rings is 1. The van der Waals surface area contributed by atoms with Crippen LogP contribution in [0.5, 0.6) is 0 Å². The standard InChI is InChI=1S/C10H15N3O2/c1-7-9(15-6-12-7)10(14)13-8-3-2-4-11-5-8/h6,8,11H,2-5H2,1H3,(H,13,14)/t8-/m1/s1.